The fraction of sp³-hybridized carbons (Fsp3) is 0.750. The van der Waals surface area contributed by atoms with E-state index < -0.39 is 7.37 Å². The fourth-order valence-corrected chi connectivity index (χ4v) is 2.45. The van der Waals surface area contributed by atoms with Gasteiger partial charge >= 0.3 is 0 Å². The molecular formula is C8H15O3P. The summed E-state index contributed by atoms with van der Waals surface area (Å²) in [6.07, 6.45) is 3.35. The molecule has 0 aliphatic heterocycles. The van der Waals surface area contributed by atoms with E-state index in [1.807, 2.05) is 6.08 Å². The smallest absolute Gasteiger partial charge is 0.204 e. The van der Waals surface area contributed by atoms with E-state index in [-0.39, 0.29) is 12.3 Å². The third kappa shape index (κ3) is 2.74. The van der Waals surface area contributed by atoms with Crippen LogP contribution in [-0.2, 0) is 4.57 Å². The van der Waals surface area contributed by atoms with Gasteiger partial charge < -0.3 is 10.00 Å². The van der Waals surface area contributed by atoms with Crippen LogP contribution in [0, 0.1) is 0 Å². The minimum atomic E-state index is -2.93. The van der Waals surface area contributed by atoms with Crippen LogP contribution in [0.5, 0.6) is 0 Å². The first-order valence-corrected chi connectivity index (χ1v) is 6.23. The van der Waals surface area contributed by atoms with Gasteiger partial charge in [-0.2, -0.15) is 0 Å². The summed E-state index contributed by atoms with van der Waals surface area (Å²) in [5.74, 6) is 0. The Kier molecular flexibility index (Phi) is 3.10. The molecule has 3 nitrogen and oxygen atoms in total. The summed E-state index contributed by atoms with van der Waals surface area (Å²) in [6.45, 7) is 1.71. The van der Waals surface area contributed by atoms with Gasteiger partial charge in [-0.05, 0) is 12.8 Å². The zero-order valence-electron chi connectivity index (χ0n) is 7.23. The lowest BCUT2D eigenvalue weighted by Crippen LogP contribution is -2.01. The van der Waals surface area contributed by atoms with Crippen LogP contribution < -0.4 is 0 Å². The van der Waals surface area contributed by atoms with Crippen molar-refractivity contribution in [3.63, 3.8) is 0 Å². The molecule has 0 saturated carbocycles. The van der Waals surface area contributed by atoms with Crippen molar-refractivity contribution in [1.29, 1.82) is 0 Å². The van der Waals surface area contributed by atoms with Crippen molar-refractivity contribution in [3.05, 3.63) is 11.6 Å². The van der Waals surface area contributed by atoms with E-state index in [0.717, 1.165) is 5.57 Å². The standard InChI is InChI=1S/C8H15O3P/c1-2-12(10,11)6-7-3-4-8(9)5-7/h3,8-9H,2,4-6H2,1H3,(H,10,11)/t8-/m1/s1. The Bertz CT molecular complexity index is 234. The Hall–Kier alpha value is -0.110. The highest BCUT2D eigenvalue weighted by molar-refractivity contribution is 7.58. The monoisotopic (exact) mass is 190 g/mol. The average Bonchev–Trinajstić information content (AvgIpc) is 2.35. The number of aliphatic hydroxyl groups excluding tert-OH is 1. The van der Waals surface area contributed by atoms with Gasteiger partial charge in [-0.25, -0.2) is 0 Å². The van der Waals surface area contributed by atoms with Crippen LogP contribution in [0.3, 0.4) is 0 Å². The molecule has 1 rings (SSSR count). The molecule has 2 N–H and O–H groups in total. The van der Waals surface area contributed by atoms with Crippen molar-refractivity contribution in [1.82, 2.24) is 0 Å². The Morgan fingerprint density at radius 1 is 1.75 bits per heavy atom. The molecule has 0 spiro atoms. The first kappa shape index (κ1) is 9.97. The van der Waals surface area contributed by atoms with Crippen LogP contribution in [0.4, 0.5) is 0 Å². The second-order valence-corrected chi connectivity index (χ2v) is 5.92. The minimum Gasteiger partial charge on any atom is -0.392 e. The first-order valence-electron chi connectivity index (χ1n) is 4.20. The lowest BCUT2D eigenvalue weighted by molar-refractivity contribution is 0.188. The molecule has 0 aromatic heterocycles. The summed E-state index contributed by atoms with van der Waals surface area (Å²) in [6, 6.07) is 0. The third-order valence-corrected chi connectivity index (χ3v) is 4.01. The minimum absolute atomic E-state index is 0.264. The molecule has 12 heavy (non-hydrogen) atoms. The molecule has 1 aliphatic carbocycles. The Labute approximate surface area is 72.6 Å². The van der Waals surface area contributed by atoms with E-state index in [2.05, 4.69) is 0 Å². The number of hydrogen-bond acceptors (Lipinski definition) is 2. The zero-order chi connectivity index (χ0) is 9.19. The van der Waals surface area contributed by atoms with Gasteiger partial charge in [0.25, 0.3) is 0 Å². The highest BCUT2D eigenvalue weighted by Crippen LogP contribution is 2.43. The van der Waals surface area contributed by atoms with Crippen molar-refractivity contribution in [2.45, 2.75) is 25.9 Å². The molecule has 0 aromatic rings. The highest BCUT2D eigenvalue weighted by atomic mass is 31.2. The Morgan fingerprint density at radius 3 is 2.83 bits per heavy atom. The van der Waals surface area contributed by atoms with Gasteiger partial charge in [0.2, 0.25) is 7.37 Å². The van der Waals surface area contributed by atoms with Crippen molar-refractivity contribution >= 4 is 7.37 Å². The first-order chi connectivity index (χ1) is 5.53. The molecule has 0 aromatic carbocycles. The predicted octanol–water partition coefficient (Wildman–Crippen LogP) is 1.36. The summed E-state index contributed by atoms with van der Waals surface area (Å²) in [5, 5.41) is 9.15. The molecule has 2 atom stereocenters. The molecule has 70 valence electrons. The highest BCUT2D eigenvalue weighted by Gasteiger charge is 2.22. The van der Waals surface area contributed by atoms with E-state index in [4.69, 9.17) is 5.11 Å². The molecule has 0 amide bonds. The largest absolute Gasteiger partial charge is 0.392 e. The summed E-state index contributed by atoms with van der Waals surface area (Å²) >= 11 is 0. The van der Waals surface area contributed by atoms with Crippen LogP contribution in [0.15, 0.2) is 11.6 Å². The topological polar surface area (TPSA) is 57.5 Å². The molecule has 0 bridgehead atoms. The summed E-state index contributed by atoms with van der Waals surface area (Å²) in [7, 11) is -2.93. The van der Waals surface area contributed by atoms with E-state index in [1.54, 1.807) is 6.92 Å². The van der Waals surface area contributed by atoms with Gasteiger partial charge in [0.15, 0.2) is 0 Å². The maximum atomic E-state index is 11.3. The lowest BCUT2D eigenvalue weighted by Gasteiger charge is -2.09. The maximum Gasteiger partial charge on any atom is 0.204 e. The molecule has 0 heterocycles. The molecule has 4 heteroatoms. The fourth-order valence-electron chi connectivity index (χ4n) is 1.33. The van der Waals surface area contributed by atoms with E-state index in [0.29, 0.717) is 19.0 Å². The quantitative estimate of drug-likeness (QED) is 0.521. The Morgan fingerprint density at radius 2 is 2.42 bits per heavy atom. The summed E-state index contributed by atoms with van der Waals surface area (Å²) in [4.78, 5) is 9.30. The third-order valence-electron chi connectivity index (χ3n) is 2.12. The SMILES string of the molecule is CCP(=O)(O)CC1=CC[C@@H](O)C1. The van der Waals surface area contributed by atoms with Crippen molar-refractivity contribution in [3.8, 4) is 0 Å². The zero-order valence-corrected chi connectivity index (χ0v) is 8.13. The molecule has 1 aliphatic rings. The van der Waals surface area contributed by atoms with Crippen LogP contribution in [0.25, 0.3) is 0 Å². The van der Waals surface area contributed by atoms with Crippen molar-refractivity contribution in [2.24, 2.45) is 0 Å². The summed E-state index contributed by atoms with van der Waals surface area (Å²) < 4.78 is 11.3. The molecular weight excluding hydrogens is 175 g/mol. The molecule has 0 saturated heterocycles. The van der Waals surface area contributed by atoms with Crippen LogP contribution in [-0.4, -0.2) is 28.4 Å². The average molecular weight is 190 g/mol. The number of aliphatic hydroxyl groups is 1. The molecule has 0 fully saturated rings. The second kappa shape index (κ2) is 3.73. The normalized spacial score (nSPS) is 28.2. The van der Waals surface area contributed by atoms with Gasteiger partial charge in [-0.15, -0.1) is 0 Å². The number of rotatable bonds is 3. The van der Waals surface area contributed by atoms with E-state index >= 15 is 0 Å². The second-order valence-electron chi connectivity index (χ2n) is 3.28. The van der Waals surface area contributed by atoms with Gasteiger partial charge in [0.05, 0.1) is 6.10 Å². The molecule has 0 radical (unpaired) electrons. The van der Waals surface area contributed by atoms with Crippen LogP contribution in [0.1, 0.15) is 19.8 Å². The Balaban J connectivity index is 2.48. The predicted molar refractivity (Wildman–Crippen MR) is 48.6 cm³/mol. The summed E-state index contributed by atoms with van der Waals surface area (Å²) in [5.41, 5.74) is 0.940. The molecule has 1 unspecified atom stereocenters. The van der Waals surface area contributed by atoms with Gasteiger partial charge in [-0.1, -0.05) is 18.6 Å². The van der Waals surface area contributed by atoms with Gasteiger partial charge in [0, 0.05) is 12.3 Å². The lowest BCUT2D eigenvalue weighted by atomic mass is 10.2. The van der Waals surface area contributed by atoms with Gasteiger partial charge in [-0.3, -0.25) is 4.57 Å². The van der Waals surface area contributed by atoms with Gasteiger partial charge in [0.1, 0.15) is 0 Å². The van der Waals surface area contributed by atoms with Crippen LogP contribution >= 0.6 is 7.37 Å². The van der Waals surface area contributed by atoms with E-state index in [1.165, 1.54) is 0 Å². The van der Waals surface area contributed by atoms with E-state index in [9.17, 15) is 9.46 Å². The van der Waals surface area contributed by atoms with Crippen molar-refractivity contribution < 1.29 is 14.6 Å². The number of hydrogen-bond donors (Lipinski definition) is 2. The van der Waals surface area contributed by atoms with Crippen molar-refractivity contribution in [2.75, 3.05) is 12.3 Å². The maximum absolute atomic E-state index is 11.3. The van der Waals surface area contributed by atoms with Crippen LogP contribution in [0.2, 0.25) is 0 Å².